The smallest absolute Gasteiger partial charge is 0.322 e. The molecular formula is C18H11Cl2FN4O4. The highest BCUT2D eigenvalue weighted by Gasteiger charge is 2.27. The van der Waals surface area contributed by atoms with Gasteiger partial charge in [-0.2, -0.15) is 5.26 Å². The lowest BCUT2D eigenvalue weighted by atomic mass is 10.1. The third kappa shape index (κ3) is 3.81. The molecule has 0 spiro atoms. The molecule has 8 nitrogen and oxygen atoms in total. The van der Waals surface area contributed by atoms with Gasteiger partial charge in [0, 0.05) is 6.54 Å². The number of carboxylic acid groups (broad SMARTS) is 1. The number of nitrogens with zero attached hydrogens (tertiary/aromatic N) is 3. The molecule has 29 heavy (non-hydrogen) atoms. The summed E-state index contributed by atoms with van der Waals surface area (Å²) in [7, 11) is 0. The molecule has 2 heterocycles. The van der Waals surface area contributed by atoms with Crippen molar-refractivity contribution in [2.24, 2.45) is 0 Å². The number of carbonyl (C=O) groups is 2. The Morgan fingerprint density at radius 2 is 2.07 bits per heavy atom. The number of fused-ring (bicyclic) bond motifs is 1. The van der Waals surface area contributed by atoms with Crippen LogP contribution in [-0.4, -0.2) is 38.2 Å². The maximum Gasteiger partial charge on any atom is 0.322 e. The molecule has 3 N–H and O–H groups in total. The Morgan fingerprint density at radius 1 is 1.34 bits per heavy atom. The number of carbonyl (C=O) groups excluding carboxylic acids is 1. The highest BCUT2D eigenvalue weighted by molar-refractivity contribution is 6.46. The highest BCUT2D eigenvalue weighted by Crippen LogP contribution is 2.42. The summed E-state index contributed by atoms with van der Waals surface area (Å²) in [6.07, 6.45) is 0. The molecular weight excluding hydrogens is 426 g/mol. The lowest BCUT2D eigenvalue weighted by molar-refractivity contribution is -0.135. The van der Waals surface area contributed by atoms with Gasteiger partial charge in [0.25, 0.3) is 5.91 Å². The summed E-state index contributed by atoms with van der Waals surface area (Å²) in [5.74, 6) is -3.44. The molecule has 2 aromatic heterocycles. The molecule has 0 aliphatic heterocycles. The maximum atomic E-state index is 13.5. The van der Waals surface area contributed by atoms with Gasteiger partial charge < -0.3 is 20.1 Å². The van der Waals surface area contributed by atoms with Gasteiger partial charge in [0.1, 0.15) is 23.6 Å². The summed E-state index contributed by atoms with van der Waals surface area (Å²) in [5, 5.41) is 30.5. The first kappa shape index (κ1) is 20.4. The number of hydrogen-bond acceptors (Lipinski definition) is 5. The van der Waals surface area contributed by atoms with Gasteiger partial charge in [-0.15, -0.1) is 0 Å². The minimum absolute atomic E-state index is 0.0141. The lowest BCUT2D eigenvalue weighted by Gasteiger charge is -2.10. The van der Waals surface area contributed by atoms with Crippen molar-refractivity contribution in [3.8, 4) is 11.8 Å². The van der Waals surface area contributed by atoms with Crippen LogP contribution in [0.1, 0.15) is 21.7 Å². The van der Waals surface area contributed by atoms with Crippen LogP contribution in [0.4, 0.5) is 4.39 Å². The molecule has 3 rings (SSSR count). The van der Waals surface area contributed by atoms with Crippen LogP contribution >= 0.6 is 23.2 Å². The summed E-state index contributed by atoms with van der Waals surface area (Å²) >= 11 is 12.5. The number of rotatable bonds is 5. The van der Waals surface area contributed by atoms with Crippen molar-refractivity contribution in [2.45, 2.75) is 6.54 Å². The molecule has 148 valence electrons. The van der Waals surface area contributed by atoms with Crippen molar-refractivity contribution in [3.05, 3.63) is 57.2 Å². The molecule has 0 aliphatic carbocycles. The van der Waals surface area contributed by atoms with Gasteiger partial charge in [-0.3, -0.25) is 9.59 Å². The van der Waals surface area contributed by atoms with Crippen LogP contribution in [0.15, 0.2) is 24.3 Å². The Balaban J connectivity index is 2.20. The number of hydrogen-bond donors (Lipinski definition) is 3. The summed E-state index contributed by atoms with van der Waals surface area (Å²) in [6.45, 7) is -0.699. The quantitative estimate of drug-likeness (QED) is 0.563. The maximum absolute atomic E-state index is 13.5. The third-order valence-electron chi connectivity index (χ3n) is 4.00. The molecule has 11 heteroatoms. The molecule has 0 aliphatic rings. The first-order valence-corrected chi connectivity index (χ1v) is 8.74. The number of carboxylic acids is 1. The number of aromatic nitrogens is 2. The zero-order valence-electron chi connectivity index (χ0n) is 14.4. The fraction of sp³-hybridized carbons (Fsp3) is 0.111. The number of nitrogens with one attached hydrogen (secondary N) is 1. The van der Waals surface area contributed by atoms with E-state index in [1.165, 1.54) is 22.8 Å². The number of pyridine rings is 1. The Labute approximate surface area is 172 Å². The highest BCUT2D eigenvalue weighted by atomic mass is 35.5. The number of aromatic hydroxyl groups is 1. The molecule has 0 unspecified atom stereocenters. The first-order valence-electron chi connectivity index (χ1n) is 7.99. The Morgan fingerprint density at radius 3 is 2.69 bits per heavy atom. The standard InChI is InChI=1S/C18H11Cl2FN4O4/c19-13-12-15(25(17(13)20)7-8-2-1-3-9(21)4-8)10(5-22)24-14(16(12)28)18(29)23-6-11(26)27/h1-4,28H,6-7H2,(H,23,29)(H,26,27). The van der Waals surface area contributed by atoms with E-state index in [2.05, 4.69) is 4.98 Å². The molecule has 0 radical (unpaired) electrons. The molecule has 1 aromatic carbocycles. The van der Waals surface area contributed by atoms with E-state index in [0.717, 1.165) is 0 Å². The number of aliphatic carboxylic acids is 1. The molecule has 0 fully saturated rings. The predicted molar refractivity (Wildman–Crippen MR) is 102 cm³/mol. The summed E-state index contributed by atoms with van der Waals surface area (Å²) < 4.78 is 14.9. The van der Waals surface area contributed by atoms with E-state index in [-0.39, 0.29) is 33.3 Å². The Kier molecular flexibility index (Phi) is 5.59. The van der Waals surface area contributed by atoms with Crippen LogP contribution in [0, 0.1) is 17.1 Å². The normalized spacial score (nSPS) is 10.7. The van der Waals surface area contributed by atoms with Gasteiger partial charge in [-0.05, 0) is 17.7 Å². The van der Waals surface area contributed by atoms with Crippen molar-refractivity contribution in [3.63, 3.8) is 0 Å². The molecule has 0 saturated heterocycles. The topological polar surface area (TPSA) is 128 Å². The average molecular weight is 437 g/mol. The lowest BCUT2D eigenvalue weighted by Crippen LogP contribution is -2.30. The fourth-order valence-corrected chi connectivity index (χ4v) is 3.32. The Hall–Kier alpha value is -3.35. The average Bonchev–Trinajstić information content (AvgIpc) is 2.92. The fourth-order valence-electron chi connectivity index (χ4n) is 2.80. The SMILES string of the molecule is N#Cc1nc(C(=O)NCC(=O)O)c(O)c2c(Cl)c(Cl)n(Cc3cccc(F)c3)c12. The van der Waals surface area contributed by atoms with Crippen molar-refractivity contribution >= 4 is 46.0 Å². The first-order chi connectivity index (χ1) is 13.7. The second kappa shape index (κ2) is 7.95. The van der Waals surface area contributed by atoms with Crippen molar-refractivity contribution in [1.29, 1.82) is 5.26 Å². The van der Waals surface area contributed by atoms with E-state index in [4.69, 9.17) is 28.3 Å². The summed E-state index contributed by atoms with van der Waals surface area (Å²) in [5.41, 5.74) is -0.286. The van der Waals surface area contributed by atoms with Crippen LogP contribution in [0.5, 0.6) is 5.75 Å². The number of nitriles is 1. The van der Waals surface area contributed by atoms with Gasteiger partial charge in [0.05, 0.1) is 15.9 Å². The van der Waals surface area contributed by atoms with Crippen LogP contribution in [0.25, 0.3) is 10.9 Å². The van der Waals surface area contributed by atoms with Crippen LogP contribution in [-0.2, 0) is 11.3 Å². The van der Waals surface area contributed by atoms with Gasteiger partial charge in [0.2, 0.25) is 0 Å². The van der Waals surface area contributed by atoms with Crippen LogP contribution < -0.4 is 5.32 Å². The van der Waals surface area contributed by atoms with Crippen LogP contribution in [0.3, 0.4) is 0 Å². The molecule has 0 saturated carbocycles. The molecule has 1 amide bonds. The predicted octanol–water partition coefficient (Wildman–Crippen LogP) is 2.92. The number of halogens is 3. The van der Waals surface area contributed by atoms with Crippen molar-refractivity contribution in [2.75, 3.05) is 6.54 Å². The van der Waals surface area contributed by atoms with Gasteiger partial charge in [0.15, 0.2) is 17.1 Å². The Bertz CT molecular complexity index is 1200. The van der Waals surface area contributed by atoms with Crippen molar-refractivity contribution in [1.82, 2.24) is 14.9 Å². The minimum Gasteiger partial charge on any atom is -0.505 e. The van der Waals surface area contributed by atoms with E-state index in [1.807, 2.05) is 5.32 Å². The van der Waals surface area contributed by atoms with E-state index in [9.17, 15) is 24.3 Å². The zero-order chi connectivity index (χ0) is 21.3. The van der Waals surface area contributed by atoms with Gasteiger partial charge in [-0.25, -0.2) is 9.37 Å². The summed E-state index contributed by atoms with van der Waals surface area (Å²) in [4.78, 5) is 26.7. The van der Waals surface area contributed by atoms with Crippen LogP contribution in [0.2, 0.25) is 10.2 Å². The molecule has 3 aromatic rings. The molecule has 0 atom stereocenters. The van der Waals surface area contributed by atoms with Crippen molar-refractivity contribution < 1.29 is 24.2 Å². The monoisotopic (exact) mass is 436 g/mol. The number of amides is 1. The van der Waals surface area contributed by atoms with Gasteiger partial charge >= 0.3 is 5.97 Å². The van der Waals surface area contributed by atoms with E-state index >= 15 is 0 Å². The van der Waals surface area contributed by atoms with Gasteiger partial charge in [-0.1, -0.05) is 35.3 Å². The molecule has 0 bridgehead atoms. The zero-order valence-corrected chi connectivity index (χ0v) is 15.9. The van der Waals surface area contributed by atoms with E-state index in [0.29, 0.717) is 5.56 Å². The second-order valence-electron chi connectivity index (χ2n) is 5.89. The number of benzene rings is 1. The van der Waals surface area contributed by atoms with E-state index in [1.54, 1.807) is 12.1 Å². The van der Waals surface area contributed by atoms with E-state index < -0.39 is 35.7 Å². The third-order valence-corrected chi connectivity index (χ3v) is 4.86. The summed E-state index contributed by atoms with van der Waals surface area (Å²) in [6, 6.07) is 7.47. The second-order valence-corrected chi connectivity index (χ2v) is 6.63. The largest absolute Gasteiger partial charge is 0.505 e. The minimum atomic E-state index is -1.30.